The fourth-order valence-electron chi connectivity index (χ4n) is 3.34. The van der Waals surface area contributed by atoms with Gasteiger partial charge in [-0.05, 0) is 48.5 Å². The third kappa shape index (κ3) is 5.56. The standard InChI is InChI=1S/C25H19Cl2N3O5/c1-34-21-13-17(27)11-15(23(21)35-14-22(31)28-18-9-7-16(26)8-10-18)12-20-24(32)29-30(25(20)33)19-5-3-2-4-6-19/h2-13H,14H2,1H3,(H,28,31)(H,29,32)/b20-12-. The summed E-state index contributed by atoms with van der Waals surface area (Å²) in [6.45, 7) is -0.368. The van der Waals surface area contributed by atoms with Crippen molar-refractivity contribution in [1.82, 2.24) is 5.43 Å². The molecule has 0 unspecified atom stereocenters. The maximum Gasteiger partial charge on any atom is 0.282 e. The minimum atomic E-state index is -0.593. The first-order chi connectivity index (χ1) is 16.9. The van der Waals surface area contributed by atoms with Gasteiger partial charge in [-0.3, -0.25) is 19.8 Å². The van der Waals surface area contributed by atoms with Crippen LogP contribution in [0, 0.1) is 0 Å². The van der Waals surface area contributed by atoms with E-state index in [4.69, 9.17) is 32.7 Å². The first kappa shape index (κ1) is 24.1. The summed E-state index contributed by atoms with van der Waals surface area (Å²) in [6, 6.07) is 18.3. The molecule has 3 aromatic rings. The normalized spacial score (nSPS) is 14.1. The molecule has 10 heteroatoms. The average Bonchev–Trinajstić information content (AvgIpc) is 3.13. The molecule has 0 spiro atoms. The number of ether oxygens (including phenoxy) is 2. The summed E-state index contributed by atoms with van der Waals surface area (Å²) >= 11 is 12.1. The molecule has 3 aromatic carbocycles. The molecule has 0 aromatic heterocycles. The lowest BCUT2D eigenvalue weighted by Crippen LogP contribution is -2.35. The molecule has 35 heavy (non-hydrogen) atoms. The maximum atomic E-state index is 13.0. The van der Waals surface area contributed by atoms with E-state index in [-0.39, 0.29) is 28.7 Å². The molecule has 8 nitrogen and oxygen atoms in total. The molecule has 1 fully saturated rings. The van der Waals surface area contributed by atoms with Gasteiger partial charge in [0.15, 0.2) is 18.1 Å². The third-order valence-corrected chi connectivity index (χ3v) is 5.42. The van der Waals surface area contributed by atoms with E-state index in [9.17, 15) is 14.4 Å². The zero-order valence-corrected chi connectivity index (χ0v) is 19.9. The number of halogens is 2. The Morgan fingerprint density at radius 3 is 2.43 bits per heavy atom. The van der Waals surface area contributed by atoms with E-state index in [1.165, 1.54) is 25.3 Å². The van der Waals surface area contributed by atoms with Gasteiger partial charge in [-0.15, -0.1) is 0 Å². The highest BCUT2D eigenvalue weighted by Gasteiger charge is 2.34. The lowest BCUT2D eigenvalue weighted by atomic mass is 10.1. The highest BCUT2D eigenvalue weighted by atomic mass is 35.5. The Morgan fingerprint density at radius 2 is 1.74 bits per heavy atom. The second-order valence-electron chi connectivity index (χ2n) is 7.35. The number of carbonyl (C=O) groups is 3. The van der Waals surface area contributed by atoms with Gasteiger partial charge in [0.2, 0.25) is 0 Å². The van der Waals surface area contributed by atoms with Gasteiger partial charge in [0.05, 0.1) is 12.8 Å². The van der Waals surface area contributed by atoms with Crippen LogP contribution in [0.3, 0.4) is 0 Å². The van der Waals surface area contributed by atoms with Crippen molar-refractivity contribution in [2.24, 2.45) is 0 Å². The summed E-state index contributed by atoms with van der Waals surface area (Å²) in [6.07, 6.45) is 1.35. The number of carbonyl (C=O) groups excluding carboxylic acids is 3. The van der Waals surface area contributed by atoms with Gasteiger partial charge >= 0.3 is 0 Å². The Balaban J connectivity index is 1.59. The molecule has 4 rings (SSSR count). The summed E-state index contributed by atoms with van der Waals surface area (Å²) in [7, 11) is 1.41. The summed E-state index contributed by atoms with van der Waals surface area (Å²) in [5.74, 6) is -1.20. The fraction of sp³-hybridized carbons (Fsp3) is 0.0800. The Hall–Kier alpha value is -4.01. The summed E-state index contributed by atoms with van der Waals surface area (Å²) in [5, 5.41) is 4.67. The van der Waals surface area contributed by atoms with Crippen molar-refractivity contribution in [3.05, 3.63) is 87.9 Å². The average molecular weight is 512 g/mol. The van der Waals surface area contributed by atoms with E-state index >= 15 is 0 Å². The molecule has 0 radical (unpaired) electrons. The molecular weight excluding hydrogens is 493 g/mol. The SMILES string of the molecule is COc1cc(Cl)cc(/C=C2/C(=O)NN(c3ccccc3)C2=O)c1OCC(=O)Nc1ccc(Cl)cc1. The van der Waals surface area contributed by atoms with Crippen LogP contribution < -0.4 is 25.2 Å². The molecule has 1 aliphatic rings. The van der Waals surface area contributed by atoms with E-state index in [0.717, 1.165) is 5.01 Å². The lowest BCUT2D eigenvalue weighted by molar-refractivity contribution is -0.118. The number of hydrogen-bond acceptors (Lipinski definition) is 5. The van der Waals surface area contributed by atoms with Crippen LogP contribution in [0.4, 0.5) is 11.4 Å². The number of para-hydroxylation sites is 1. The number of nitrogens with one attached hydrogen (secondary N) is 2. The van der Waals surface area contributed by atoms with Crippen LogP contribution in [0.1, 0.15) is 5.56 Å². The van der Waals surface area contributed by atoms with Gasteiger partial charge < -0.3 is 14.8 Å². The third-order valence-electron chi connectivity index (χ3n) is 4.95. The molecule has 0 bridgehead atoms. The Labute approximate surface area is 211 Å². The van der Waals surface area contributed by atoms with Crippen molar-refractivity contribution in [1.29, 1.82) is 0 Å². The number of anilines is 2. The minimum absolute atomic E-state index is 0.131. The van der Waals surface area contributed by atoms with Crippen molar-refractivity contribution < 1.29 is 23.9 Å². The van der Waals surface area contributed by atoms with Gasteiger partial charge in [-0.1, -0.05) is 41.4 Å². The van der Waals surface area contributed by atoms with Crippen molar-refractivity contribution >= 4 is 58.4 Å². The van der Waals surface area contributed by atoms with Crippen LogP contribution in [0.15, 0.2) is 72.3 Å². The molecule has 1 heterocycles. The van der Waals surface area contributed by atoms with E-state index in [1.807, 2.05) is 0 Å². The second kappa shape index (κ2) is 10.5. The van der Waals surface area contributed by atoms with Crippen molar-refractivity contribution in [2.75, 3.05) is 24.0 Å². The van der Waals surface area contributed by atoms with Crippen LogP contribution in [0.25, 0.3) is 6.08 Å². The number of rotatable bonds is 7. The summed E-state index contributed by atoms with van der Waals surface area (Å²) < 4.78 is 11.1. The molecule has 1 aliphatic heterocycles. The Kier molecular flexibility index (Phi) is 7.24. The summed E-state index contributed by atoms with van der Waals surface area (Å²) in [5.41, 5.74) is 3.75. The number of hydrogen-bond donors (Lipinski definition) is 2. The van der Waals surface area contributed by atoms with Crippen LogP contribution in [-0.4, -0.2) is 31.4 Å². The number of nitrogens with zero attached hydrogens (tertiary/aromatic N) is 1. The quantitative estimate of drug-likeness (QED) is 0.360. The lowest BCUT2D eigenvalue weighted by Gasteiger charge is -2.15. The first-order valence-corrected chi connectivity index (χ1v) is 11.1. The predicted octanol–water partition coefficient (Wildman–Crippen LogP) is 4.48. The minimum Gasteiger partial charge on any atom is -0.493 e. The van der Waals surface area contributed by atoms with E-state index in [0.29, 0.717) is 22.0 Å². The monoisotopic (exact) mass is 511 g/mol. The van der Waals surface area contributed by atoms with Crippen molar-refractivity contribution in [2.45, 2.75) is 0 Å². The zero-order chi connectivity index (χ0) is 24.9. The van der Waals surface area contributed by atoms with Crippen molar-refractivity contribution in [3.8, 4) is 11.5 Å². The molecule has 178 valence electrons. The molecule has 3 amide bonds. The highest BCUT2D eigenvalue weighted by Crippen LogP contribution is 2.37. The summed E-state index contributed by atoms with van der Waals surface area (Å²) in [4.78, 5) is 38.0. The maximum absolute atomic E-state index is 13.0. The van der Waals surface area contributed by atoms with Crippen molar-refractivity contribution in [3.63, 3.8) is 0 Å². The smallest absolute Gasteiger partial charge is 0.282 e. The van der Waals surface area contributed by atoms with Gasteiger partial charge in [-0.2, -0.15) is 0 Å². The largest absolute Gasteiger partial charge is 0.493 e. The van der Waals surface area contributed by atoms with E-state index < -0.39 is 17.7 Å². The molecule has 0 aliphatic carbocycles. The highest BCUT2D eigenvalue weighted by molar-refractivity contribution is 6.33. The van der Waals surface area contributed by atoms with Gasteiger partial charge in [0.25, 0.3) is 17.7 Å². The Morgan fingerprint density at radius 1 is 1.03 bits per heavy atom. The number of hydrazine groups is 1. The fourth-order valence-corrected chi connectivity index (χ4v) is 3.68. The van der Waals surface area contributed by atoms with Crippen LogP contribution in [-0.2, 0) is 14.4 Å². The number of methoxy groups -OCH3 is 1. The second-order valence-corrected chi connectivity index (χ2v) is 8.22. The zero-order valence-electron chi connectivity index (χ0n) is 18.4. The van der Waals surface area contributed by atoms with Crippen LogP contribution in [0.2, 0.25) is 10.0 Å². The molecule has 0 saturated carbocycles. The van der Waals surface area contributed by atoms with Gasteiger partial charge in [0, 0.05) is 27.4 Å². The molecule has 0 atom stereocenters. The van der Waals surface area contributed by atoms with E-state index in [2.05, 4.69) is 10.7 Å². The van der Waals surface area contributed by atoms with Crippen LogP contribution >= 0.6 is 23.2 Å². The van der Waals surface area contributed by atoms with Crippen LogP contribution in [0.5, 0.6) is 11.5 Å². The molecular formula is C25H19Cl2N3O5. The Bertz CT molecular complexity index is 1310. The topological polar surface area (TPSA) is 97.0 Å². The molecule has 1 saturated heterocycles. The number of amides is 3. The van der Waals surface area contributed by atoms with Gasteiger partial charge in [-0.25, -0.2) is 5.01 Å². The molecule has 2 N–H and O–H groups in total. The van der Waals surface area contributed by atoms with Gasteiger partial charge in [0.1, 0.15) is 5.57 Å². The first-order valence-electron chi connectivity index (χ1n) is 10.3. The predicted molar refractivity (Wildman–Crippen MR) is 134 cm³/mol. The van der Waals surface area contributed by atoms with E-state index in [1.54, 1.807) is 54.6 Å². The number of benzene rings is 3.